The lowest BCUT2D eigenvalue weighted by molar-refractivity contribution is -0.148. The molecule has 1 aromatic rings. The fraction of sp³-hybridized carbons (Fsp3) is 0.500. The number of hydrogen-bond donors (Lipinski definition) is 1. The fourth-order valence-corrected chi connectivity index (χ4v) is 2.38. The number of ether oxygens (including phenoxy) is 1. The summed E-state index contributed by atoms with van der Waals surface area (Å²) in [5, 5.41) is 9.41. The zero-order chi connectivity index (χ0) is 13.2. The van der Waals surface area contributed by atoms with Gasteiger partial charge in [0.25, 0.3) is 0 Å². The molecule has 0 saturated carbocycles. The maximum absolute atomic E-state index is 11.5. The van der Waals surface area contributed by atoms with Gasteiger partial charge in [-0.2, -0.15) is 0 Å². The highest BCUT2D eigenvalue weighted by molar-refractivity contribution is 5.76. The monoisotopic (exact) mass is 249 g/mol. The van der Waals surface area contributed by atoms with E-state index in [9.17, 15) is 9.90 Å². The summed E-state index contributed by atoms with van der Waals surface area (Å²) >= 11 is 0. The number of anilines is 1. The minimum atomic E-state index is -0.765. The molecule has 0 aliphatic carbocycles. The first-order valence-electron chi connectivity index (χ1n) is 6.12. The molecule has 4 heteroatoms. The van der Waals surface area contributed by atoms with Crippen molar-refractivity contribution in [2.24, 2.45) is 5.41 Å². The third-order valence-corrected chi connectivity index (χ3v) is 3.54. The van der Waals surface area contributed by atoms with Crippen molar-refractivity contribution in [3.8, 4) is 0 Å². The van der Waals surface area contributed by atoms with Crippen LogP contribution in [0.25, 0.3) is 0 Å². The van der Waals surface area contributed by atoms with Crippen LogP contribution in [-0.4, -0.2) is 37.9 Å². The second kappa shape index (κ2) is 4.98. The first-order chi connectivity index (χ1) is 8.53. The van der Waals surface area contributed by atoms with Gasteiger partial charge in [0.1, 0.15) is 5.41 Å². The first-order valence-corrected chi connectivity index (χ1v) is 6.12. The van der Waals surface area contributed by atoms with Crippen molar-refractivity contribution < 1.29 is 14.6 Å². The molecule has 0 aromatic heterocycles. The van der Waals surface area contributed by atoms with Gasteiger partial charge in [-0.05, 0) is 31.0 Å². The molecule has 1 fully saturated rings. The molecule has 1 unspecified atom stereocenters. The molecular weight excluding hydrogens is 230 g/mol. The van der Waals surface area contributed by atoms with E-state index in [1.165, 1.54) is 5.56 Å². The second-order valence-corrected chi connectivity index (χ2v) is 5.08. The Kier molecular flexibility index (Phi) is 3.57. The maximum atomic E-state index is 11.5. The predicted molar refractivity (Wildman–Crippen MR) is 70.0 cm³/mol. The summed E-state index contributed by atoms with van der Waals surface area (Å²) in [5.41, 5.74) is 1.45. The molecule has 1 saturated heterocycles. The van der Waals surface area contributed by atoms with Crippen molar-refractivity contribution in [3.63, 3.8) is 0 Å². The van der Waals surface area contributed by atoms with Crippen LogP contribution < -0.4 is 4.90 Å². The number of carbonyl (C=O) groups is 1. The smallest absolute Gasteiger partial charge is 0.313 e. The van der Waals surface area contributed by atoms with Crippen molar-refractivity contribution in [2.75, 3.05) is 31.7 Å². The van der Waals surface area contributed by atoms with E-state index in [1.54, 1.807) is 0 Å². The van der Waals surface area contributed by atoms with E-state index in [2.05, 4.69) is 6.07 Å². The Morgan fingerprint density at radius 2 is 2.33 bits per heavy atom. The molecule has 2 rings (SSSR count). The number of aryl methyl sites for hydroxylation is 1. The van der Waals surface area contributed by atoms with Crippen LogP contribution in [0.2, 0.25) is 0 Å². The van der Waals surface area contributed by atoms with E-state index in [-0.39, 0.29) is 0 Å². The van der Waals surface area contributed by atoms with Crippen molar-refractivity contribution in [3.05, 3.63) is 29.8 Å². The SMILES string of the molecule is Cc1cccc(N(C)CC2(C(=O)O)CCOC2)c1. The van der Waals surface area contributed by atoms with E-state index < -0.39 is 11.4 Å². The molecule has 1 heterocycles. The van der Waals surface area contributed by atoms with Crippen molar-refractivity contribution in [1.29, 1.82) is 0 Å². The van der Waals surface area contributed by atoms with Gasteiger partial charge in [-0.25, -0.2) is 0 Å². The minimum absolute atomic E-state index is 0.304. The molecule has 0 amide bonds. The van der Waals surface area contributed by atoms with E-state index in [0.29, 0.717) is 26.2 Å². The number of carboxylic acids is 1. The summed E-state index contributed by atoms with van der Waals surface area (Å²) in [5.74, 6) is -0.764. The summed E-state index contributed by atoms with van der Waals surface area (Å²) in [4.78, 5) is 13.4. The lowest BCUT2D eigenvalue weighted by Gasteiger charge is -2.30. The predicted octanol–water partition coefficient (Wildman–Crippen LogP) is 1.92. The Hall–Kier alpha value is -1.55. The largest absolute Gasteiger partial charge is 0.481 e. The molecule has 1 N–H and O–H groups in total. The average Bonchev–Trinajstić information content (AvgIpc) is 2.79. The average molecular weight is 249 g/mol. The lowest BCUT2D eigenvalue weighted by Crippen LogP contribution is -2.42. The lowest BCUT2D eigenvalue weighted by atomic mass is 9.87. The number of rotatable bonds is 4. The summed E-state index contributed by atoms with van der Waals surface area (Å²) in [6.45, 7) is 3.35. The molecule has 0 bridgehead atoms. The number of benzene rings is 1. The Labute approximate surface area is 107 Å². The standard InChI is InChI=1S/C14H19NO3/c1-11-4-3-5-12(8-11)15(2)9-14(13(16)17)6-7-18-10-14/h3-5,8H,6-7,9-10H2,1-2H3,(H,16,17). The van der Waals surface area contributed by atoms with Crippen molar-refractivity contribution in [2.45, 2.75) is 13.3 Å². The maximum Gasteiger partial charge on any atom is 0.313 e. The number of nitrogens with zero attached hydrogens (tertiary/aromatic N) is 1. The topological polar surface area (TPSA) is 49.8 Å². The summed E-state index contributed by atoms with van der Waals surface area (Å²) < 4.78 is 5.27. The van der Waals surface area contributed by atoms with Crippen LogP contribution in [0.15, 0.2) is 24.3 Å². The van der Waals surface area contributed by atoms with E-state index in [1.807, 2.05) is 37.1 Å². The van der Waals surface area contributed by atoms with E-state index in [4.69, 9.17) is 4.74 Å². The van der Waals surface area contributed by atoms with Crippen LogP contribution in [0.5, 0.6) is 0 Å². The van der Waals surface area contributed by atoms with E-state index in [0.717, 1.165) is 5.69 Å². The molecule has 1 atom stereocenters. The van der Waals surface area contributed by atoms with Gasteiger partial charge in [-0.1, -0.05) is 12.1 Å². The fourth-order valence-electron chi connectivity index (χ4n) is 2.38. The van der Waals surface area contributed by atoms with Gasteiger partial charge >= 0.3 is 5.97 Å². The van der Waals surface area contributed by atoms with Gasteiger partial charge in [-0.3, -0.25) is 4.79 Å². The van der Waals surface area contributed by atoms with Gasteiger partial charge in [0.05, 0.1) is 6.61 Å². The van der Waals surface area contributed by atoms with Crippen LogP contribution >= 0.6 is 0 Å². The molecule has 18 heavy (non-hydrogen) atoms. The van der Waals surface area contributed by atoms with Crippen molar-refractivity contribution >= 4 is 11.7 Å². The zero-order valence-electron chi connectivity index (χ0n) is 10.8. The van der Waals surface area contributed by atoms with Crippen LogP contribution in [0, 0.1) is 12.3 Å². The normalized spacial score (nSPS) is 23.0. The Balaban J connectivity index is 2.15. The highest BCUT2D eigenvalue weighted by Gasteiger charge is 2.43. The van der Waals surface area contributed by atoms with Crippen molar-refractivity contribution in [1.82, 2.24) is 0 Å². The first kappa shape index (κ1) is 12.9. The highest BCUT2D eigenvalue weighted by Crippen LogP contribution is 2.31. The Morgan fingerprint density at radius 3 is 2.89 bits per heavy atom. The summed E-state index contributed by atoms with van der Waals surface area (Å²) in [6.07, 6.45) is 0.582. The molecule has 98 valence electrons. The second-order valence-electron chi connectivity index (χ2n) is 5.08. The zero-order valence-corrected chi connectivity index (χ0v) is 10.8. The van der Waals surface area contributed by atoms with Crippen LogP contribution in [0.1, 0.15) is 12.0 Å². The summed E-state index contributed by atoms with van der Waals surface area (Å²) in [7, 11) is 1.93. The molecule has 1 aliphatic heterocycles. The Bertz CT molecular complexity index is 438. The van der Waals surface area contributed by atoms with Crippen LogP contribution in [-0.2, 0) is 9.53 Å². The molecule has 4 nitrogen and oxygen atoms in total. The van der Waals surface area contributed by atoms with Gasteiger partial charge in [0.2, 0.25) is 0 Å². The third-order valence-electron chi connectivity index (χ3n) is 3.54. The minimum Gasteiger partial charge on any atom is -0.481 e. The van der Waals surface area contributed by atoms with Crippen LogP contribution in [0.3, 0.4) is 0 Å². The third kappa shape index (κ3) is 2.48. The van der Waals surface area contributed by atoms with Gasteiger partial charge in [0, 0.05) is 25.9 Å². The molecule has 0 spiro atoms. The number of carboxylic acid groups (broad SMARTS) is 1. The number of aliphatic carboxylic acids is 1. The van der Waals surface area contributed by atoms with E-state index >= 15 is 0 Å². The quantitative estimate of drug-likeness (QED) is 0.885. The Morgan fingerprint density at radius 1 is 1.56 bits per heavy atom. The van der Waals surface area contributed by atoms with Gasteiger partial charge in [-0.15, -0.1) is 0 Å². The van der Waals surface area contributed by atoms with Gasteiger partial charge < -0.3 is 14.7 Å². The molecule has 1 aromatic carbocycles. The van der Waals surface area contributed by atoms with Crippen LogP contribution in [0.4, 0.5) is 5.69 Å². The highest BCUT2D eigenvalue weighted by atomic mass is 16.5. The molecular formula is C14H19NO3. The number of hydrogen-bond acceptors (Lipinski definition) is 3. The molecule has 1 aliphatic rings. The summed E-state index contributed by atoms with van der Waals surface area (Å²) in [6, 6.07) is 8.08. The van der Waals surface area contributed by atoms with Gasteiger partial charge in [0.15, 0.2) is 0 Å². The molecule has 0 radical (unpaired) electrons.